The average Bonchev–Trinajstić information content (AvgIpc) is 3.56. The van der Waals surface area contributed by atoms with Gasteiger partial charge in [-0.1, -0.05) is 55.5 Å². The van der Waals surface area contributed by atoms with Crippen molar-refractivity contribution in [1.29, 1.82) is 0 Å². The molecule has 5 aromatic rings. The van der Waals surface area contributed by atoms with Crippen molar-refractivity contribution in [3.8, 4) is 17.3 Å². The Kier molecular flexibility index (Phi) is 6.63. The second-order valence-electron chi connectivity index (χ2n) is 9.48. The smallest absolute Gasteiger partial charge is 0.322 e. The minimum Gasteiger partial charge on any atom is -0.494 e. The largest absolute Gasteiger partial charge is 0.494 e. The van der Waals surface area contributed by atoms with E-state index in [1.54, 1.807) is 0 Å². The van der Waals surface area contributed by atoms with Crippen molar-refractivity contribution in [2.45, 2.75) is 32.9 Å². The number of benzene rings is 3. The minimum absolute atomic E-state index is 0.178. The van der Waals surface area contributed by atoms with Crippen molar-refractivity contribution in [2.75, 3.05) is 11.9 Å². The van der Waals surface area contributed by atoms with E-state index in [1.165, 1.54) is 0 Å². The molecular formula is C32H31N5O2. The van der Waals surface area contributed by atoms with Gasteiger partial charge in [0.15, 0.2) is 0 Å². The molecule has 2 aromatic heterocycles. The van der Waals surface area contributed by atoms with E-state index in [0.717, 1.165) is 46.2 Å². The van der Waals surface area contributed by atoms with E-state index in [-0.39, 0.29) is 12.1 Å². The van der Waals surface area contributed by atoms with Crippen LogP contribution in [0, 0.1) is 0 Å². The van der Waals surface area contributed by atoms with Gasteiger partial charge < -0.3 is 19.5 Å². The van der Waals surface area contributed by atoms with Crippen LogP contribution in [0.4, 0.5) is 10.5 Å². The van der Waals surface area contributed by atoms with Gasteiger partial charge in [0, 0.05) is 17.4 Å². The molecule has 1 aliphatic rings. The molecule has 7 nitrogen and oxygen atoms in total. The van der Waals surface area contributed by atoms with Gasteiger partial charge in [-0.3, -0.25) is 0 Å². The molecule has 0 radical (unpaired) electrons. The molecule has 0 spiro atoms. The molecule has 6 rings (SSSR count). The lowest BCUT2D eigenvalue weighted by atomic mass is 10.0. The summed E-state index contributed by atoms with van der Waals surface area (Å²) < 4.78 is 9.77. The monoisotopic (exact) mass is 517 g/mol. The molecule has 3 heterocycles. The highest BCUT2D eigenvalue weighted by molar-refractivity contribution is 5.90. The van der Waals surface area contributed by atoms with Crippen LogP contribution in [0.25, 0.3) is 11.5 Å². The number of carbonyl (C=O) groups excluding carboxylic acids is 1. The summed E-state index contributed by atoms with van der Waals surface area (Å²) in [6.07, 6.45) is 2.82. The maximum atomic E-state index is 14.1. The standard InChI is InChI=1S/C32H31N5O2/c1-3-28-27-22-36(32(38)33-24-17-19-26(20-18-24)39-4-2)30(23-12-7-5-8-13-23)29-16-11-21-35(29)31(27)37(34-28)25-14-9-6-10-15-25/h5-21,30H,3-4,22H2,1-2H3,(H,33,38)/t30-/m0/s1. The molecule has 0 aliphatic carbocycles. The number of ether oxygens (including phenoxy) is 1. The van der Waals surface area contributed by atoms with Crippen molar-refractivity contribution in [3.63, 3.8) is 0 Å². The zero-order valence-corrected chi connectivity index (χ0v) is 22.1. The Bertz CT molecular complexity index is 1570. The maximum absolute atomic E-state index is 14.1. The van der Waals surface area contributed by atoms with Crippen molar-refractivity contribution in [1.82, 2.24) is 19.2 Å². The summed E-state index contributed by atoms with van der Waals surface area (Å²) in [6.45, 7) is 5.07. The van der Waals surface area contributed by atoms with E-state index in [4.69, 9.17) is 9.84 Å². The first-order valence-corrected chi connectivity index (χ1v) is 13.4. The van der Waals surface area contributed by atoms with Gasteiger partial charge in [-0.05, 0) is 67.4 Å². The molecule has 196 valence electrons. The second-order valence-corrected chi connectivity index (χ2v) is 9.48. The fourth-order valence-electron chi connectivity index (χ4n) is 5.33. The molecule has 2 amide bonds. The Morgan fingerprint density at radius 3 is 2.33 bits per heavy atom. The predicted molar refractivity (Wildman–Crippen MR) is 153 cm³/mol. The number of fused-ring (bicyclic) bond motifs is 3. The summed E-state index contributed by atoms with van der Waals surface area (Å²) in [5.41, 5.74) is 5.76. The number of urea groups is 1. The molecule has 0 saturated carbocycles. The van der Waals surface area contributed by atoms with Gasteiger partial charge in [-0.15, -0.1) is 0 Å². The van der Waals surface area contributed by atoms with Gasteiger partial charge in [-0.25, -0.2) is 9.48 Å². The van der Waals surface area contributed by atoms with Crippen LogP contribution in [-0.2, 0) is 13.0 Å². The van der Waals surface area contributed by atoms with Crippen LogP contribution in [0.2, 0.25) is 0 Å². The van der Waals surface area contributed by atoms with Crippen molar-refractivity contribution in [3.05, 3.63) is 126 Å². The lowest BCUT2D eigenvalue weighted by Crippen LogP contribution is -2.38. The van der Waals surface area contributed by atoms with Gasteiger partial charge in [0.05, 0.1) is 36.3 Å². The Morgan fingerprint density at radius 2 is 1.64 bits per heavy atom. The third-order valence-corrected chi connectivity index (χ3v) is 7.10. The molecule has 7 heteroatoms. The SMILES string of the molecule is CCOc1ccc(NC(=O)N2Cc3c(CC)nn(-c4ccccc4)c3-n3cccc3[C@@H]2c2ccccc2)cc1. The van der Waals surface area contributed by atoms with Crippen LogP contribution in [0.3, 0.4) is 0 Å². The number of amides is 2. The zero-order chi connectivity index (χ0) is 26.8. The highest BCUT2D eigenvalue weighted by Crippen LogP contribution is 2.39. The Morgan fingerprint density at radius 1 is 0.923 bits per heavy atom. The highest BCUT2D eigenvalue weighted by atomic mass is 16.5. The van der Waals surface area contributed by atoms with Crippen LogP contribution in [0.15, 0.2) is 103 Å². The molecule has 3 aromatic carbocycles. The maximum Gasteiger partial charge on any atom is 0.322 e. The minimum atomic E-state index is -0.301. The van der Waals surface area contributed by atoms with E-state index >= 15 is 0 Å². The number of anilines is 1. The Hall–Kier alpha value is -4.78. The molecule has 0 bridgehead atoms. The molecule has 0 saturated heterocycles. The number of nitrogens with zero attached hydrogens (tertiary/aromatic N) is 4. The summed E-state index contributed by atoms with van der Waals surface area (Å²) >= 11 is 0. The summed E-state index contributed by atoms with van der Waals surface area (Å²) in [4.78, 5) is 16.0. The first-order valence-electron chi connectivity index (χ1n) is 13.4. The number of carbonyl (C=O) groups is 1. The van der Waals surface area contributed by atoms with Crippen molar-refractivity contribution in [2.24, 2.45) is 0 Å². The number of hydrogen-bond donors (Lipinski definition) is 1. The number of para-hydroxylation sites is 1. The fourth-order valence-corrected chi connectivity index (χ4v) is 5.33. The Labute approximate surface area is 228 Å². The van der Waals surface area contributed by atoms with Crippen molar-refractivity contribution < 1.29 is 9.53 Å². The molecule has 0 fully saturated rings. The summed E-state index contributed by atoms with van der Waals surface area (Å²) in [6, 6.07) is 31.5. The van der Waals surface area contributed by atoms with Crippen LogP contribution < -0.4 is 10.1 Å². The molecule has 1 N–H and O–H groups in total. The van der Waals surface area contributed by atoms with E-state index < -0.39 is 0 Å². The number of nitrogens with one attached hydrogen (secondary N) is 1. The van der Waals surface area contributed by atoms with E-state index in [1.807, 2.05) is 83.2 Å². The Balaban J connectivity index is 1.49. The number of rotatable bonds is 6. The first-order chi connectivity index (χ1) is 19.2. The average molecular weight is 518 g/mol. The van der Waals surface area contributed by atoms with Crippen LogP contribution in [0.5, 0.6) is 5.75 Å². The summed E-state index contributed by atoms with van der Waals surface area (Å²) in [5, 5.41) is 8.16. The van der Waals surface area contributed by atoms with Gasteiger partial charge in [0.2, 0.25) is 0 Å². The number of hydrogen-bond acceptors (Lipinski definition) is 3. The normalized spacial score (nSPS) is 14.3. The topological polar surface area (TPSA) is 64.3 Å². The summed E-state index contributed by atoms with van der Waals surface area (Å²) in [7, 11) is 0. The number of aromatic nitrogens is 3. The van der Waals surface area contributed by atoms with Gasteiger partial charge in [-0.2, -0.15) is 5.10 Å². The van der Waals surface area contributed by atoms with E-state index in [9.17, 15) is 4.79 Å². The van der Waals surface area contributed by atoms with Crippen LogP contribution in [0.1, 0.15) is 42.4 Å². The van der Waals surface area contributed by atoms with Crippen LogP contribution >= 0.6 is 0 Å². The summed E-state index contributed by atoms with van der Waals surface area (Å²) in [5.74, 6) is 1.74. The van der Waals surface area contributed by atoms with Crippen molar-refractivity contribution >= 4 is 11.7 Å². The zero-order valence-electron chi connectivity index (χ0n) is 22.1. The quantitative estimate of drug-likeness (QED) is 0.271. The highest BCUT2D eigenvalue weighted by Gasteiger charge is 2.36. The van der Waals surface area contributed by atoms with E-state index in [0.29, 0.717) is 18.8 Å². The number of aryl methyl sites for hydroxylation is 1. The van der Waals surface area contributed by atoms with Crippen LogP contribution in [-0.4, -0.2) is 31.9 Å². The lowest BCUT2D eigenvalue weighted by Gasteiger charge is -2.31. The molecular weight excluding hydrogens is 486 g/mol. The second kappa shape index (κ2) is 10.5. The third-order valence-electron chi connectivity index (χ3n) is 7.10. The third kappa shape index (κ3) is 4.56. The van der Waals surface area contributed by atoms with Gasteiger partial charge >= 0.3 is 6.03 Å². The molecule has 1 atom stereocenters. The molecule has 39 heavy (non-hydrogen) atoms. The van der Waals surface area contributed by atoms with E-state index in [2.05, 4.69) is 53.3 Å². The first kappa shape index (κ1) is 24.6. The predicted octanol–water partition coefficient (Wildman–Crippen LogP) is 6.76. The molecule has 0 unspecified atom stereocenters. The lowest BCUT2D eigenvalue weighted by molar-refractivity contribution is 0.194. The van der Waals surface area contributed by atoms with Gasteiger partial charge in [0.1, 0.15) is 11.6 Å². The van der Waals surface area contributed by atoms with Gasteiger partial charge in [0.25, 0.3) is 0 Å². The molecule has 1 aliphatic heterocycles. The fraction of sp³-hybridized carbons (Fsp3) is 0.188.